The molecular formula is C34H69O9P. The monoisotopic (exact) mass is 652 g/mol. The van der Waals surface area contributed by atoms with E-state index in [0.717, 1.165) is 32.1 Å². The van der Waals surface area contributed by atoms with Crippen LogP contribution in [0, 0.1) is 0 Å². The van der Waals surface area contributed by atoms with Crippen LogP contribution in [0.3, 0.4) is 0 Å². The molecule has 0 fully saturated rings. The summed E-state index contributed by atoms with van der Waals surface area (Å²) in [5, 5.41) is 18.2. The molecule has 0 rings (SSSR count). The molecule has 3 N–H and O–H groups in total. The zero-order valence-electron chi connectivity index (χ0n) is 28.4. The number of hydrogen-bond acceptors (Lipinski definition) is 8. The first-order valence-electron chi connectivity index (χ1n) is 18.0. The lowest BCUT2D eigenvalue weighted by atomic mass is 10.0. The highest BCUT2D eigenvalue weighted by Crippen LogP contribution is 2.43. The average molecular weight is 653 g/mol. The van der Waals surface area contributed by atoms with Crippen LogP contribution in [0.2, 0.25) is 0 Å². The molecule has 0 saturated carbocycles. The Morgan fingerprint density at radius 2 is 1.02 bits per heavy atom. The third-order valence-corrected chi connectivity index (χ3v) is 8.74. The lowest BCUT2D eigenvalue weighted by molar-refractivity contribution is -0.154. The molecular weight excluding hydrogens is 583 g/mol. The summed E-state index contributed by atoms with van der Waals surface area (Å²) in [5.74, 6) is -0.387. The van der Waals surface area contributed by atoms with Gasteiger partial charge in [0.1, 0.15) is 12.2 Å². The van der Waals surface area contributed by atoms with Crippen molar-refractivity contribution in [3.63, 3.8) is 0 Å². The first kappa shape index (κ1) is 43.5. The van der Waals surface area contributed by atoms with Crippen LogP contribution in [0.5, 0.6) is 0 Å². The zero-order chi connectivity index (χ0) is 32.6. The molecule has 9 nitrogen and oxygen atoms in total. The summed E-state index contributed by atoms with van der Waals surface area (Å²) in [6.45, 7) is 3.49. The van der Waals surface area contributed by atoms with Crippen LogP contribution >= 0.6 is 7.82 Å². The van der Waals surface area contributed by atoms with Crippen LogP contribution < -0.4 is 0 Å². The Balaban J connectivity index is 4.11. The summed E-state index contributed by atoms with van der Waals surface area (Å²) < 4.78 is 33.1. The number of esters is 1. The zero-order valence-corrected chi connectivity index (χ0v) is 29.3. The van der Waals surface area contributed by atoms with E-state index in [2.05, 4.69) is 13.8 Å². The average Bonchev–Trinajstić information content (AvgIpc) is 3.01. The highest BCUT2D eigenvalue weighted by Gasteiger charge is 2.26. The molecule has 0 aromatic carbocycles. The minimum absolute atomic E-state index is 0.0563. The minimum Gasteiger partial charge on any atom is -0.457 e. The third-order valence-electron chi connectivity index (χ3n) is 7.79. The van der Waals surface area contributed by atoms with E-state index in [4.69, 9.17) is 23.6 Å². The van der Waals surface area contributed by atoms with E-state index in [1.165, 1.54) is 116 Å². The van der Waals surface area contributed by atoms with Gasteiger partial charge in [-0.15, -0.1) is 0 Å². The maximum atomic E-state index is 12.4. The molecule has 264 valence electrons. The molecule has 0 spiro atoms. The summed E-state index contributed by atoms with van der Waals surface area (Å²) in [6.07, 6.45) is 26.5. The Labute approximate surface area is 269 Å². The number of rotatable bonds is 35. The van der Waals surface area contributed by atoms with E-state index in [9.17, 15) is 19.4 Å². The van der Waals surface area contributed by atoms with Crippen molar-refractivity contribution in [2.45, 2.75) is 180 Å². The fourth-order valence-electron chi connectivity index (χ4n) is 5.00. The van der Waals surface area contributed by atoms with Gasteiger partial charge in [0, 0.05) is 13.0 Å². The standard InChI is InChI=1S/C34H69O9P/c1-3-5-7-9-11-12-13-14-15-16-17-18-19-21-23-25-27-40-30-33(31-42-44(38,39)41-29-32(36)28-35)43-34(37)26-24-22-20-10-8-6-4-2/h32-33,35-36H,3-31H2,1-2H3,(H,38,39)/t32-,33+/m0/s1. The van der Waals surface area contributed by atoms with Crippen LogP contribution in [0.4, 0.5) is 0 Å². The van der Waals surface area contributed by atoms with Gasteiger partial charge < -0.3 is 24.6 Å². The highest BCUT2D eigenvalue weighted by atomic mass is 31.2. The first-order chi connectivity index (χ1) is 21.3. The van der Waals surface area contributed by atoms with Gasteiger partial charge in [-0.1, -0.05) is 149 Å². The van der Waals surface area contributed by atoms with E-state index in [1.807, 2.05) is 0 Å². The van der Waals surface area contributed by atoms with Crippen LogP contribution in [-0.4, -0.2) is 66.3 Å². The Morgan fingerprint density at radius 1 is 0.614 bits per heavy atom. The van der Waals surface area contributed by atoms with Crippen molar-refractivity contribution < 1.29 is 43.0 Å². The Bertz CT molecular complexity index is 665. The molecule has 0 amide bonds. The predicted molar refractivity (Wildman–Crippen MR) is 178 cm³/mol. The molecule has 0 aromatic rings. The number of hydrogen-bond donors (Lipinski definition) is 3. The molecule has 10 heteroatoms. The number of carbonyl (C=O) groups is 1. The van der Waals surface area contributed by atoms with Gasteiger partial charge in [0.05, 0.1) is 26.4 Å². The van der Waals surface area contributed by atoms with Crippen LogP contribution in [0.15, 0.2) is 0 Å². The second-order valence-electron chi connectivity index (χ2n) is 12.3. The van der Waals surface area contributed by atoms with E-state index in [1.54, 1.807) is 0 Å². The van der Waals surface area contributed by atoms with Crippen LogP contribution in [0.1, 0.15) is 168 Å². The number of carbonyl (C=O) groups excluding carboxylic acids is 1. The first-order valence-corrected chi connectivity index (χ1v) is 19.5. The fourth-order valence-corrected chi connectivity index (χ4v) is 5.79. The summed E-state index contributed by atoms with van der Waals surface area (Å²) >= 11 is 0. The number of aliphatic hydroxyl groups is 2. The largest absolute Gasteiger partial charge is 0.472 e. The molecule has 44 heavy (non-hydrogen) atoms. The Morgan fingerprint density at radius 3 is 1.48 bits per heavy atom. The van der Waals surface area contributed by atoms with Crippen molar-refractivity contribution in [1.29, 1.82) is 0 Å². The van der Waals surface area contributed by atoms with Crippen molar-refractivity contribution >= 4 is 13.8 Å². The highest BCUT2D eigenvalue weighted by molar-refractivity contribution is 7.47. The topological polar surface area (TPSA) is 132 Å². The molecule has 0 aliphatic heterocycles. The number of aliphatic hydroxyl groups excluding tert-OH is 2. The van der Waals surface area contributed by atoms with Crippen LogP contribution in [-0.2, 0) is 27.9 Å². The smallest absolute Gasteiger partial charge is 0.457 e. The molecule has 0 bridgehead atoms. The van der Waals surface area contributed by atoms with E-state index in [0.29, 0.717) is 6.61 Å². The van der Waals surface area contributed by atoms with Gasteiger partial charge in [-0.05, 0) is 12.8 Å². The molecule has 0 aliphatic rings. The quantitative estimate of drug-likeness (QED) is 0.0349. The Hall–Kier alpha value is -0.540. The number of phosphoric acid groups is 1. The molecule has 3 atom stereocenters. The third kappa shape index (κ3) is 31.4. The normalized spacial score (nSPS) is 14.4. The molecule has 0 heterocycles. The van der Waals surface area contributed by atoms with Crippen molar-refractivity contribution in [3.05, 3.63) is 0 Å². The number of phosphoric ester groups is 1. The summed E-state index contributed by atoms with van der Waals surface area (Å²) in [7, 11) is -4.49. The molecule has 0 aliphatic carbocycles. The van der Waals surface area contributed by atoms with E-state index >= 15 is 0 Å². The fraction of sp³-hybridized carbons (Fsp3) is 0.971. The van der Waals surface area contributed by atoms with Crippen molar-refractivity contribution in [2.24, 2.45) is 0 Å². The maximum Gasteiger partial charge on any atom is 0.472 e. The van der Waals surface area contributed by atoms with Gasteiger partial charge in [0.15, 0.2) is 0 Å². The summed E-state index contributed by atoms with van der Waals surface area (Å²) in [5.41, 5.74) is 0. The van der Waals surface area contributed by atoms with Gasteiger partial charge in [-0.3, -0.25) is 13.8 Å². The summed E-state index contributed by atoms with van der Waals surface area (Å²) in [4.78, 5) is 22.3. The Kier molecular flexibility index (Phi) is 32.0. The van der Waals surface area contributed by atoms with E-state index in [-0.39, 0.29) is 25.6 Å². The van der Waals surface area contributed by atoms with Gasteiger partial charge in [0.25, 0.3) is 0 Å². The van der Waals surface area contributed by atoms with Gasteiger partial charge in [-0.25, -0.2) is 4.57 Å². The van der Waals surface area contributed by atoms with Crippen molar-refractivity contribution in [3.8, 4) is 0 Å². The molecule has 1 unspecified atom stereocenters. The second-order valence-corrected chi connectivity index (χ2v) is 13.7. The lowest BCUT2D eigenvalue weighted by Crippen LogP contribution is -2.29. The van der Waals surface area contributed by atoms with Gasteiger partial charge in [0.2, 0.25) is 0 Å². The second kappa shape index (κ2) is 32.4. The minimum atomic E-state index is -4.49. The van der Waals surface area contributed by atoms with Gasteiger partial charge >= 0.3 is 13.8 Å². The summed E-state index contributed by atoms with van der Waals surface area (Å²) in [6, 6.07) is 0. The molecule has 0 radical (unpaired) electrons. The van der Waals surface area contributed by atoms with Crippen LogP contribution in [0.25, 0.3) is 0 Å². The number of unbranched alkanes of at least 4 members (excludes halogenated alkanes) is 21. The van der Waals surface area contributed by atoms with Crippen molar-refractivity contribution in [1.82, 2.24) is 0 Å². The SMILES string of the molecule is CCCCCCCCCCCCCCCCCCOC[C@H](COP(=O)(O)OC[C@@H](O)CO)OC(=O)CCCCCCCCC. The van der Waals surface area contributed by atoms with E-state index < -0.39 is 33.2 Å². The van der Waals surface area contributed by atoms with Crippen molar-refractivity contribution in [2.75, 3.05) is 33.0 Å². The maximum absolute atomic E-state index is 12.4. The number of ether oxygens (including phenoxy) is 2. The lowest BCUT2D eigenvalue weighted by Gasteiger charge is -2.20. The van der Waals surface area contributed by atoms with Gasteiger partial charge in [-0.2, -0.15) is 0 Å². The molecule has 0 saturated heterocycles. The predicted octanol–water partition coefficient (Wildman–Crippen LogP) is 8.80. The molecule has 0 aromatic heterocycles.